The van der Waals surface area contributed by atoms with Crippen molar-refractivity contribution in [1.82, 2.24) is 20.1 Å². The van der Waals surface area contributed by atoms with Crippen molar-refractivity contribution in [3.05, 3.63) is 41.9 Å². The molecule has 1 N–H and O–H groups in total. The molecular formula is C11H12N4. The number of hydrogen-bond acceptors (Lipinski definition) is 3. The van der Waals surface area contributed by atoms with Gasteiger partial charge in [0, 0.05) is 37.5 Å². The lowest BCUT2D eigenvalue weighted by Gasteiger charge is -2.09. The fourth-order valence-electron chi connectivity index (χ4n) is 1.84. The predicted molar refractivity (Wildman–Crippen MR) is 56.8 cm³/mol. The van der Waals surface area contributed by atoms with Crippen LogP contribution in [0.1, 0.15) is 11.3 Å². The summed E-state index contributed by atoms with van der Waals surface area (Å²) in [5.41, 5.74) is 2.48. The van der Waals surface area contributed by atoms with Gasteiger partial charge >= 0.3 is 0 Å². The first-order valence-corrected chi connectivity index (χ1v) is 5.13. The smallest absolute Gasteiger partial charge is 0.153 e. The lowest BCUT2D eigenvalue weighted by atomic mass is 10.1. The van der Waals surface area contributed by atoms with Gasteiger partial charge in [-0.3, -0.25) is 0 Å². The maximum Gasteiger partial charge on any atom is 0.153 e. The van der Waals surface area contributed by atoms with E-state index >= 15 is 0 Å². The number of nitrogens with zero attached hydrogens (tertiary/aromatic N) is 3. The van der Waals surface area contributed by atoms with Gasteiger partial charge in [-0.1, -0.05) is 6.07 Å². The van der Waals surface area contributed by atoms with Gasteiger partial charge in [-0.25, -0.2) is 9.67 Å². The molecule has 0 unspecified atom stereocenters. The van der Waals surface area contributed by atoms with Gasteiger partial charge in [-0.2, -0.15) is 5.10 Å². The van der Waals surface area contributed by atoms with Crippen LogP contribution in [0, 0.1) is 0 Å². The van der Waals surface area contributed by atoms with Gasteiger partial charge in [-0.15, -0.1) is 0 Å². The van der Waals surface area contributed by atoms with Gasteiger partial charge in [-0.05, 0) is 12.1 Å². The van der Waals surface area contributed by atoms with Crippen molar-refractivity contribution >= 4 is 0 Å². The summed E-state index contributed by atoms with van der Waals surface area (Å²) in [5, 5.41) is 7.87. The Balaban J connectivity index is 2.03. The molecule has 2 aromatic heterocycles. The summed E-state index contributed by atoms with van der Waals surface area (Å²) in [4.78, 5) is 4.27. The van der Waals surface area contributed by atoms with E-state index in [4.69, 9.17) is 0 Å². The Hall–Kier alpha value is -1.68. The number of hydrogen-bond donors (Lipinski definition) is 1. The fourth-order valence-corrected chi connectivity index (χ4v) is 1.84. The van der Waals surface area contributed by atoms with Gasteiger partial charge < -0.3 is 5.32 Å². The zero-order chi connectivity index (χ0) is 10.1. The Morgan fingerprint density at radius 3 is 3.13 bits per heavy atom. The highest BCUT2D eigenvalue weighted by molar-refractivity contribution is 5.27. The first kappa shape index (κ1) is 8.61. The Labute approximate surface area is 88.0 Å². The topological polar surface area (TPSA) is 42.7 Å². The second-order valence-corrected chi connectivity index (χ2v) is 3.66. The van der Waals surface area contributed by atoms with Crippen LogP contribution >= 0.6 is 0 Å². The average molecular weight is 200 g/mol. The molecule has 0 saturated heterocycles. The quantitative estimate of drug-likeness (QED) is 0.744. The van der Waals surface area contributed by atoms with E-state index in [9.17, 15) is 0 Å². The van der Waals surface area contributed by atoms with E-state index in [1.807, 2.05) is 22.9 Å². The third-order valence-corrected chi connectivity index (χ3v) is 2.62. The minimum atomic E-state index is 0.881. The number of nitrogens with one attached hydrogen (secondary N) is 1. The van der Waals surface area contributed by atoms with Crippen LogP contribution in [-0.4, -0.2) is 21.3 Å². The van der Waals surface area contributed by atoms with E-state index in [0.717, 1.165) is 25.3 Å². The molecule has 0 aliphatic carbocycles. The van der Waals surface area contributed by atoms with Gasteiger partial charge in [0.15, 0.2) is 5.82 Å². The van der Waals surface area contributed by atoms with E-state index < -0.39 is 0 Å². The lowest BCUT2D eigenvalue weighted by molar-refractivity contribution is 0.635. The summed E-state index contributed by atoms with van der Waals surface area (Å²) < 4.78 is 1.86. The summed E-state index contributed by atoms with van der Waals surface area (Å²) in [6, 6.07) is 5.85. The standard InChI is InChI=1S/C11H12N4/c1-2-5-13-11(3-1)15-8-9-7-12-6-4-10(9)14-15/h1-3,5,8,12H,4,6-7H2. The van der Waals surface area contributed by atoms with Crippen LogP contribution in [0.3, 0.4) is 0 Å². The normalized spacial score (nSPS) is 14.9. The third kappa shape index (κ3) is 1.53. The molecule has 15 heavy (non-hydrogen) atoms. The molecule has 0 amide bonds. The van der Waals surface area contributed by atoms with Crippen molar-refractivity contribution in [3.63, 3.8) is 0 Å². The van der Waals surface area contributed by atoms with Crippen LogP contribution in [0.25, 0.3) is 5.82 Å². The molecule has 0 aromatic carbocycles. The average Bonchev–Trinajstić information content (AvgIpc) is 2.74. The molecule has 3 rings (SSSR count). The van der Waals surface area contributed by atoms with Gasteiger partial charge in [0.2, 0.25) is 0 Å². The van der Waals surface area contributed by atoms with Crippen molar-refractivity contribution in [2.75, 3.05) is 6.54 Å². The number of pyridine rings is 1. The van der Waals surface area contributed by atoms with E-state index in [0.29, 0.717) is 0 Å². The molecule has 0 fully saturated rings. The molecule has 0 spiro atoms. The van der Waals surface area contributed by atoms with Gasteiger partial charge in [0.25, 0.3) is 0 Å². The van der Waals surface area contributed by atoms with E-state index in [1.54, 1.807) is 6.20 Å². The van der Waals surface area contributed by atoms with Gasteiger partial charge in [0.1, 0.15) is 0 Å². The fraction of sp³-hybridized carbons (Fsp3) is 0.273. The van der Waals surface area contributed by atoms with Crippen LogP contribution in [-0.2, 0) is 13.0 Å². The SMILES string of the molecule is c1ccc(-n2cc3c(n2)CCNC3)nc1. The maximum atomic E-state index is 4.54. The monoisotopic (exact) mass is 200 g/mol. The number of aromatic nitrogens is 3. The van der Waals surface area contributed by atoms with Crippen molar-refractivity contribution in [2.45, 2.75) is 13.0 Å². The molecule has 3 heterocycles. The molecule has 0 radical (unpaired) electrons. The molecular weight excluding hydrogens is 188 g/mol. The van der Waals surface area contributed by atoms with Crippen molar-refractivity contribution in [1.29, 1.82) is 0 Å². The summed E-state index contributed by atoms with van der Waals surface area (Å²) in [7, 11) is 0. The van der Waals surface area contributed by atoms with Crippen molar-refractivity contribution in [2.24, 2.45) is 0 Å². The van der Waals surface area contributed by atoms with E-state index in [2.05, 4.69) is 21.6 Å². The minimum absolute atomic E-state index is 0.881. The third-order valence-electron chi connectivity index (χ3n) is 2.62. The predicted octanol–water partition coefficient (Wildman–Crippen LogP) is 0.913. The largest absolute Gasteiger partial charge is 0.312 e. The van der Waals surface area contributed by atoms with Crippen molar-refractivity contribution < 1.29 is 0 Å². The van der Waals surface area contributed by atoms with Crippen molar-refractivity contribution in [3.8, 4) is 5.82 Å². The highest BCUT2D eigenvalue weighted by Gasteiger charge is 2.13. The Kier molecular flexibility index (Phi) is 1.99. The molecule has 1 aliphatic heterocycles. The highest BCUT2D eigenvalue weighted by Crippen LogP contribution is 2.13. The Morgan fingerprint density at radius 1 is 1.33 bits per heavy atom. The number of rotatable bonds is 1. The second-order valence-electron chi connectivity index (χ2n) is 3.66. The molecule has 76 valence electrons. The summed E-state index contributed by atoms with van der Waals surface area (Å²) >= 11 is 0. The van der Waals surface area contributed by atoms with Crippen LogP contribution in [0.4, 0.5) is 0 Å². The first-order chi connectivity index (χ1) is 7.43. The van der Waals surface area contributed by atoms with E-state index in [-0.39, 0.29) is 0 Å². The van der Waals surface area contributed by atoms with Crippen LogP contribution in [0.5, 0.6) is 0 Å². The summed E-state index contributed by atoms with van der Waals surface area (Å²) in [6.07, 6.45) is 4.85. The van der Waals surface area contributed by atoms with E-state index in [1.165, 1.54) is 11.3 Å². The second kappa shape index (κ2) is 3.47. The van der Waals surface area contributed by atoms with Crippen LogP contribution in [0.2, 0.25) is 0 Å². The summed E-state index contributed by atoms with van der Waals surface area (Å²) in [5.74, 6) is 0.881. The Bertz CT molecular complexity index is 437. The Morgan fingerprint density at radius 2 is 2.33 bits per heavy atom. The van der Waals surface area contributed by atoms with Crippen LogP contribution in [0.15, 0.2) is 30.6 Å². The minimum Gasteiger partial charge on any atom is -0.312 e. The molecule has 1 aliphatic rings. The van der Waals surface area contributed by atoms with Gasteiger partial charge in [0.05, 0.1) is 5.69 Å². The molecule has 0 bridgehead atoms. The molecule has 4 nitrogen and oxygen atoms in total. The molecule has 2 aromatic rings. The van der Waals surface area contributed by atoms with Crippen LogP contribution < -0.4 is 5.32 Å². The highest BCUT2D eigenvalue weighted by atomic mass is 15.3. The zero-order valence-corrected chi connectivity index (χ0v) is 8.35. The maximum absolute atomic E-state index is 4.54. The lowest BCUT2D eigenvalue weighted by Crippen LogP contribution is -2.22. The molecule has 4 heteroatoms. The molecule has 0 atom stereocenters. The number of fused-ring (bicyclic) bond motifs is 1. The first-order valence-electron chi connectivity index (χ1n) is 5.13. The zero-order valence-electron chi connectivity index (χ0n) is 8.35. The summed E-state index contributed by atoms with van der Waals surface area (Å²) in [6.45, 7) is 1.94. The molecule has 0 saturated carbocycles.